The molecule has 2 amide bonds. The third-order valence-corrected chi connectivity index (χ3v) is 3.44. The minimum absolute atomic E-state index is 0.0157. The molecule has 7 nitrogen and oxygen atoms in total. The number of carboxylic acid groups (broad SMARTS) is 1. The molecule has 0 aliphatic carbocycles. The van der Waals surface area contributed by atoms with Crippen molar-refractivity contribution in [2.45, 2.75) is 24.8 Å². The van der Waals surface area contributed by atoms with Crippen LogP contribution in [0.5, 0.6) is 0 Å². The smallest absolute Gasteiger partial charge is 0.326 e. The molecule has 1 aromatic carbocycles. The number of carboxylic acids is 1. The second kappa shape index (κ2) is 6.25. The zero-order valence-corrected chi connectivity index (χ0v) is 11.3. The maximum absolute atomic E-state index is 12.2. The predicted molar refractivity (Wildman–Crippen MR) is 75.7 cm³/mol. The van der Waals surface area contributed by atoms with Crippen LogP contribution in [0.2, 0.25) is 0 Å². The van der Waals surface area contributed by atoms with Crippen LogP contribution in [0.15, 0.2) is 24.3 Å². The molecule has 2 rings (SSSR count). The van der Waals surface area contributed by atoms with Crippen LogP contribution in [0.1, 0.15) is 24.3 Å². The highest BCUT2D eigenvalue weighted by Gasteiger charge is 2.31. The first-order chi connectivity index (χ1) is 9.99. The van der Waals surface area contributed by atoms with Gasteiger partial charge in [-0.25, -0.2) is 4.79 Å². The van der Waals surface area contributed by atoms with Crippen molar-refractivity contribution in [3.8, 4) is 0 Å². The molecular formula is C14H17N3O4. The Morgan fingerprint density at radius 1 is 1.38 bits per heavy atom. The van der Waals surface area contributed by atoms with Gasteiger partial charge in [0.15, 0.2) is 0 Å². The Morgan fingerprint density at radius 2 is 2.10 bits per heavy atom. The van der Waals surface area contributed by atoms with Gasteiger partial charge in [0.05, 0.1) is 5.92 Å². The number of amides is 2. The lowest BCUT2D eigenvalue weighted by molar-refractivity contribution is -0.142. The molecule has 0 radical (unpaired) electrons. The van der Waals surface area contributed by atoms with E-state index in [-0.39, 0.29) is 18.7 Å². The quantitative estimate of drug-likeness (QED) is 0.589. The molecule has 112 valence electrons. The topological polar surface area (TPSA) is 122 Å². The van der Waals surface area contributed by atoms with Gasteiger partial charge in [0.25, 0.3) is 0 Å². The van der Waals surface area contributed by atoms with E-state index >= 15 is 0 Å². The average molecular weight is 291 g/mol. The van der Waals surface area contributed by atoms with Gasteiger partial charge >= 0.3 is 5.97 Å². The van der Waals surface area contributed by atoms with Gasteiger partial charge < -0.3 is 21.5 Å². The standard InChI is InChI=1S/C14H17N3O4/c15-12(18)6-5-11(14(20)21)17-13(19)9-7-16-10-4-2-1-3-8(9)10/h1-4,9,11,16H,5-7H2,(H2,15,18)(H,17,19)(H,20,21)/t9?,11-/m1/s1. The SMILES string of the molecule is NC(=O)CC[C@@H](NC(=O)C1CNc2ccccc21)C(=O)O. The first-order valence-electron chi connectivity index (χ1n) is 6.63. The first kappa shape index (κ1) is 14.8. The van der Waals surface area contributed by atoms with E-state index in [1.807, 2.05) is 24.3 Å². The molecule has 1 aliphatic rings. The number of carbonyl (C=O) groups excluding carboxylic acids is 2. The predicted octanol–water partition coefficient (Wildman–Crippen LogP) is 0.0306. The molecule has 0 fully saturated rings. The van der Waals surface area contributed by atoms with Crippen LogP contribution >= 0.6 is 0 Å². The van der Waals surface area contributed by atoms with Crippen molar-refractivity contribution in [3.63, 3.8) is 0 Å². The van der Waals surface area contributed by atoms with Gasteiger partial charge in [0.1, 0.15) is 6.04 Å². The van der Waals surface area contributed by atoms with E-state index < -0.39 is 23.8 Å². The van der Waals surface area contributed by atoms with E-state index in [4.69, 9.17) is 10.8 Å². The molecule has 7 heteroatoms. The molecule has 0 saturated carbocycles. The first-order valence-corrected chi connectivity index (χ1v) is 6.63. The van der Waals surface area contributed by atoms with Crippen molar-refractivity contribution in [3.05, 3.63) is 29.8 Å². The van der Waals surface area contributed by atoms with E-state index in [1.54, 1.807) is 0 Å². The lowest BCUT2D eigenvalue weighted by atomic mass is 9.99. The number of hydrogen-bond donors (Lipinski definition) is 4. The summed E-state index contributed by atoms with van der Waals surface area (Å²) in [5.74, 6) is -2.58. The van der Waals surface area contributed by atoms with Crippen LogP contribution in [0.3, 0.4) is 0 Å². The van der Waals surface area contributed by atoms with Gasteiger partial charge in [-0.3, -0.25) is 9.59 Å². The normalized spacial score (nSPS) is 17.4. The second-order valence-corrected chi connectivity index (χ2v) is 4.93. The van der Waals surface area contributed by atoms with Crippen LogP contribution in [-0.2, 0) is 14.4 Å². The van der Waals surface area contributed by atoms with Gasteiger partial charge in [0.2, 0.25) is 11.8 Å². The number of benzene rings is 1. The molecule has 1 aliphatic heterocycles. The number of primary amides is 1. The molecule has 2 atom stereocenters. The Morgan fingerprint density at radius 3 is 2.76 bits per heavy atom. The highest BCUT2D eigenvalue weighted by Crippen LogP contribution is 2.31. The third kappa shape index (κ3) is 3.50. The number of nitrogens with one attached hydrogen (secondary N) is 2. The molecule has 0 aromatic heterocycles. The number of rotatable bonds is 6. The van der Waals surface area contributed by atoms with Crippen molar-refractivity contribution in [2.75, 3.05) is 11.9 Å². The summed E-state index contributed by atoms with van der Waals surface area (Å²) in [5.41, 5.74) is 6.72. The summed E-state index contributed by atoms with van der Waals surface area (Å²) in [4.78, 5) is 34.1. The molecule has 1 heterocycles. The van der Waals surface area contributed by atoms with E-state index in [1.165, 1.54) is 0 Å². The number of carbonyl (C=O) groups is 3. The Hall–Kier alpha value is -2.57. The van der Waals surface area contributed by atoms with E-state index in [2.05, 4.69) is 10.6 Å². The molecular weight excluding hydrogens is 274 g/mol. The van der Waals surface area contributed by atoms with Crippen molar-refractivity contribution in [2.24, 2.45) is 5.73 Å². The maximum atomic E-state index is 12.2. The van der Waals surface area contributed by atoms with Crippen LogP contribution < -0.4 is 16.4 Å². The van der Waals surface area contributed by atoms with Crippen molar-refractivity contribution >= 4 is 23.5 Å². The molecule has 1 unspecified atom stereocenters. The highest BCUT2D eigenvalue weighted by molar-refractivity contribution is 5.91. The van der Waals surface area contributed by atoms with Crippen LogP contribution in [0.25, 0.3) is 0 Å². The number of fused-ring (bicyclic) bond motifs is 1. The third-order valence-electron chi connectivity index (χ3n) is 3.44. The molecule has 0 saturated heterocycles. The largest absolute Gasteiger partial charge is 0.480 e. The fourth-order valence-electron chi connectivity index (χ4n) is 2.33. The Kier molecular flexibility index (Phi) is 4.42. The monoisotopic (exact) mass is 291 g/mol. The summed E-state index contributed by atoms with van der Waals surface area (Å²) < 4.78 is 0. The van der Waals surface area contributed by atoms with Crippen molar-refractivity contribution in [1.29, 1.82) is 0 Å². The number of nitrogens with two attached hydrogens (primary N) is 1. The van der Waals surface area contributed by atoms with Crippen molar-refractivity contribution < 1.29 is 19.5 Å². The number of anilines is 1. The molecule has 1 aromatic rings. The number of hydrogen-bond acceptors (Lipinski definition) is 4. The van der Waals surface area contributed by atoms with E-state index in [0.29, 0.717) is 6.54 Å². The van der Waals surface area contributed by atoms with Gasteiger partial charge in [-0.05, 0) is 18.1 Å². The second-order valence-electron chi connectivity index (χ2n) is 4.93. The highest BCUT2D eigenvalue weighted by atomic mass is 16.4. The minimum Gasteiger partial charge on any atom is -0.480 e. The molecule has 0 spiro atoms. The lowest BCUT2D eigenvalue weighted by Crippen LogP contribution is -2.43. The fourth-order valence-corrected chi connectivity index (χ4v) is 2.33. The zero-order chi connectivity index (χ0) is 15.4. The summed E-state index contributed by atoms with van der Waals surface area (Å²) in [5, 5.41) is 14.7. The van der Waals surface area contributed by atoms with E-state index in [0.717, 1.165) is 11.3 Å². The fraction of sp³-hybridized carbons (Fsp3) is 0.357. The summed E-state index contributed by atoms with van der Waals surface area (Å²) >= 11 is 0. The minimum atomic E-state index is -1.18. The summed E-state index contributed by atoms with van der Waals surface area (Å²) in [6, 6.07) is 6.27. The van der Waals surface area contributed by atoms with Gasteiger partial charge in [0, 0.05) is 18.7 Å². The Balaban J connectivity index is 2.03. The summed E-state index contributed by atoms with van der Waals surface area (Å²) in [6.45, 7) is 0.424. The number of para-hydroxylation sites is 1. The van der Waals surface area contributed by atoms with Crippen LogP contribution in [0, 0.1) is 0 Å². The lowest BCUT2D eigenvalue weighted by Gasteiger charge is -2.17. The molecule has 5 N–H and O–H groups in total. The van der Waals surface area contributed by atoms with Crippen LogP contribution in [0.4, 0.5) is 5.69 Å². The molecule has 0 bridgehead atoms. The van der Waals surface area contributed by atoms with Gasteiger partial charge in [-0.1, -0.05) is 18.2 Å². The Bertz CT molecular complexity index is 573. The Labute approximate surface area is 121 Å². The van der Waals surface area contributed by atoms with Gasteiger partial charge in [-0.15, -0.1) is 0 Å². The van der Waals surface area contributed by atoms with Gasteiger partial charge in [-0.2, -0.15) is 0 Å². The number of aliphatic carboxylic acids is 1. The maximum Gasteiger partial charge on any atom is 0.326 e. The summed E-state index contributed by atoms with van der Waals surface area (Å²) in [6.07, 6.45) is -0.102. The zero-order valence-electron chi connectivity index (χ0n) is 11.3. The average Bonchev–Trinajstić information content (AvgIpc) is 2.86. The van der Waals surface area contributed by atoms with Crippen LogP contribution in [-0.4, -0.2) is 35.5 Å². The molecule has 21 heavy (non-hydrogen) atoms. The van der Waals surface area contributed by atoms with Crippen molar-refractivity contribution in [1.82, 2.24) is 5.32 Å². The van der Waals surface area contributed by atoms with E-state index in [9.17, 15) is 14.4 Å². The summed E-state index contributed by atoms with van der Waals surface area (Å²) in [7, 11) is 0.